The summed E-state index contributed by atoms with van der Waals surface area (Å²) in [6.45, 7) is 6.28. The minimum atomic E-state index is -0.0222. The zero-order chi connectivity index (χ0) is 11.8. The average Bonchev–Trinajstić information content (AvgIpc) is 2.65. The summed E-state index contributed by atoms with van der Waals surface area (Å²) in [5.74, 6) is 1.57. The molecule has 3 N–H and O–H groups in total. The number of nitrogens with two attached hydrogens (primary N) is 1. The molecule has 0 fully saturated rings. The van der Waals surface area contributed by atoms with Crippen molar-refractivity contribution in [1.82, 2.24) is 15.2 Å². The molecule has 84 valence electrons. The first-order chi connectivity index (χ1) is 7.47. The summed E-state index contributed by atoms with van der Waals surface area (Å²) < 4.78 is 0. The van der Waals surface area contributed by atoms with Gasteiger partial charge in [-0.3, -0.25) is 5.10 Å². The highest BCUT2D eigenvalue weighted by atomic mass is 15.2. The van der Waals surface area contributed by atoms with Gasteiger partial charge in [0.15, 0.2) is 5.82 Å². The molecule has 1 aromatic heterocycles. The van der Waals surface area contributed by atoms with E-state index in [-0.39, 0.29) is 5.41 Å². The topological polar surface area (TPSA) is 67.6 Å². The van der Waals surface area contributed by atoms with Gasteiger partial charge in [0.1, 0.15) is 5.82 Å². The molecule has 0 aliphatic heterocycles. The van der Waals surface area contributed by atoms with Gasteiger partial charge >= 0.3 is 0 Å². The third-order valence-corrected chi connectivity index (χ3v) is 2.34. The molecule has 0 radical (unpaired) electrons. The Morgan fingerprint density at radius 2 is 2.00 bits per heavy atom. The normalized spacial score (nSPS) is 11.7. The van der Waals surface area contributed by atoms with Crippen LogP contribution in [0, 0.1) is 0 Å². The molecule has 0 unspecified atom stereocenters. The van der Waals surface area contributed by atoms with Crippen molar-refractivity contribution in [3.05, 3.63) is 30.1 Å². The molecule has 0 bridgehead atoms. The lowest BCUT2D eigenvalue weighted by atomic mass is 9.96. The van der Waals surface area contributed by atoms with Crippen LogP contribution in [0.4, 0.5) is 5.69 Å². The maximum atomic E-state index is 5.72. The molecule has 0 atom stereocenters. The zero-order valence-corrected chi connectivity index (χ0v) is 9.78. The fourth-order valence-electron chi connectivity index (χ4n) is 1.40. The Bertz CT molecular complexity index is 494. The Morgan fingerprint density at radius 3 is 2.56 bits per heavy atom. The highest BCUT2D eigenvalue weighted by molar-refractivity contribution is 5.60. The summed E-state index contributed by atoms with van der Waals surface area (Å²) >= 11 is 0. The van der Waals surface area contributed by atoms with Crippen molar-refractivity contribution in [3.8, 4) is 11.4 Å². The number of aromatic amines is 1. The quantitative estimate of drug-likeness (QED) is 0.719. The van der Waals surface area contributed by atoms with Crippen LogP contribution in [0.5, 0.6) is 0 Å². The van der Waals surface area contributed by atoms with Crippen molar-refractivity contribution >= 4 is 5.69 Å². The third kappa shape index (κ3) is 2.05. The summed E-state index contributed by atoms with van der Waals surface area (Å²) in [6.07, 6.45) is 0. The number of benzene rings is 1. The molecular weight excluding hydrogens is 200 g/mol. The molecule has 0 spiro atoms. The molecule has 0 saturated carbocycles. The van der Waals surface area contributed by atoms with Crippen molar-refractivity contribution in [1.29, 1.82) is 0 Å². The van der Waals surface area contributed by atoms with Crippen LogP contribution in [0.25, 0.3) is 11.4 Å². The van der Waals surface area contributed by atoms with Gasteiger partial charge in [-0.25, -0.2) is 4.98 Å². The second-order valence-electron chi connectivity index (χ2n) is 4.88. The van der Waals surface area contributed by atoms with Crippen LogP contribution in [0.1, 0.15) is 26.6 Å². The van der Waals surface area contributed by atoms with Crippen LogP contribution >= 0.6 is 0 Å². The van der Waals surface area contributed by atoms with Crippen molar-refractivity contribution < 1.29 is 0 Å². The van der Waals surface area contributed by atoms with E-state index < -0.39 is 0 Å². The monoisotopic (exact) mass is 216 g/mol. The van der Waals surface area contributed by atoms with Gasteiger partial charge in [-0.15, -0.1) is 0 Å². The minimum Gasteiger partial charge on any atom is -0.399 e. The maximum Gasteiger partial charge on any atom is 0.181 e. The lowest BCUT2D eigenvalue weighted by molar-refractivity contribution is 0.548. The van der Waals surface area contributed by atoms with Gasteiger partial charge in [-0.2, -0.15) is 5.10 Å². The molecule has 1 heterocycles. The molecule has 0 saturated heterocycles. The van der Waals surface area contributed by atoms with Crippen molar-refractivity contribution in [2.24, 2.45) is 0 Å². The highest BCUT2D eigenvalue weighted by Crippen LogP contribution is 2.22. The third-order valence-electron chi connectivity index (χ3n) is 2.34. The van der Waals surface area contributed by atoms with Crippen LogP contribution in [-0.4, -0.2) is 15.2 Å². The van der Waals surface area contributed by atoms with Crippen LogP contribution in [0.2, 0.25) is 0 Å². The van der Waals surface area contributed by atoms with E-state index in [9.17, 15) is 0 Å². The van der Waals surface area contributed by atoms with Gasteiger partial charge in [-0.1, -0.05) is 32.9 Å². The van der Waals surface area contributed by atoms with Crippen molar-refractivity contribution in [3.63, 3.8) is 0 Å². The number of hydrogen-bond acceptors (Lipinski definition) is 3. The zero-order valence-electron chi connectivity index (χ0n) is 9.78. The van der Waals surface area contributed by atoms with Crippen molar-refractivity contribution in [2.75, 3.05) is 5.73 Å². The summed E-state index contributed by atoms with van der Waals surface area (Å²) in [5, 5.41) is 7.16. The lowest BCUT2D eigenvalue weighted by Gasteiger charge is -2.12. The Labute approximate surface area is 94.9 Å². The second-order valence-corrected chi connectivity index (χ2v) is 4.88. The van der Waals surface area contributed by atoms with E-state index in [4.69, 9.17) is 5.73 Å². The Hall–Kier alpha value is -1.84. The smallest absolute Gasteiger partial charge is 0.181 e. The van der Waals surface area contributed by atoms with E-state index in [1.807, 2.05) is 24.3 Å². The van der Waals surface area contributed by atoms with Crippen LogP contribution in [0.3, 0.4) is 0 Å². The first-order valence-electron chi connectivity index (χ1n) is 5.25. The summed E-state index contributed by atoms with van der Waals surface area (Å²) in [6, 6.07) is 7.57. The largest absolute Gasteiger partial charge is 0.399 e. The number of anilines is 1. The van der Waals surface area contributed by atoms with E-state index >= 15 is 0 Å². The SMILES string of the molecule is CC(C)(C)c1nc(-c2cccc(N)c2)n[nH]1. The van der Waals surface area contributed by atoms with Gasteiger partial charge in [-0.05, 0) is 12.1 Å². The molecule has 1 aromatic carbocycles. The van der Waals surface area contributed by atoms with Gasteiger partial charge in [0, 0.05) is 16.7 Å². The minimum absolute atomic E-state index is 0.0222. The number of hydrogen-bond donors (Lipinski definition) is 2. The van der Waals surface area contributed by atoms with E-state index in [2.05, 4.69) is 36.0 Å². The molecule has 0 amide bonds. The van der Waals surface area contributed by atoms with Crippen LogP contribution in [-0.2, 0) is 5.41 Å². The van der Waals surface area contributed by atoms with E-state index in [0.29, 0.717) is 5.82 Å². The summed E-state index contributed by atoms with van der Waals surface area (Å²) in [7, 11) is 0. The standard InChI is InChI=1S/C12H16N4/c1-12(2,3)11-14-10(15-16-11)8-5-4-6-9(13)7-8/h4-7H,13H2,1-3H3,(H,14,15,16). The fraction of sp³-hybridized carbons (Fsp3) is 0.333. The summed E-state index contributed by atoms with van der Waals surface area (Å²) in [5.41, 5.74) is 7.36. The lowest BCUT2D eigenvalue weighted by Crippen LogP contribution is -2.13. The Balaban J connectivity index is 2.39. The molecule has 4 heteroatoms. The van der Waals surface area contributed by atoms with E-state index in [1.165, 1.54) is 0 Å². The number of nitrogen functional groups attached to an aromatic ring is 1. The fourth-order valence-corrected chi connectivity index (χ4v) is 1.40. The molecule has 4 nitrogen and oxygen atoms in total. The highest BCUT2D eigenvalue weighted by Gasteiger charge is 2.18. The second kappa shape index (κ2) is 3.63. The van der Waals surface area contributed by atoms with Crippen molar-refractivity contribution in [2.45, 2.75) is 26.2 Å². The molecular formula is C12H16N4. The summed E-state index contributed by atoms with van der Waals surface area (Å²) in [4.78, 5) is 4.47. The van der Waals surface area contributed by atoms with E-state index in [0.717, 1.165) is 17.1 Å². The number of nitrogens with zero attached hydrogens (tertiary/aromatic N) is 2. The molecule has 2 rings (SSSR count). The van der Waals surface area contributed by atoms with Gasteiger partial charge in [0.2, 0.25) is 0 Å². The number of rotatable bonds is 1. The maximum absolute atomic E-state index is 5.72. The Morgan fingerprint density at radius 1 is 1.25 bits per heavy atom. The van der Waals surface area contributed by atoms with Crippen LogP contribution in [0.15, 0.2) is 24.3 Å². The van der Waals surface area contributed by atoms with Crippen LogP contribution < -0.4 is 5.73 Å². The van der Waals surface area contributed by atoms with Gasteiger partial charge in [0.05, 0.1) is 0 Å². The molecule has 2 aromatic rings. The molecule has 16 heavy (non-hydrogen) atoms. The first-order valence-corrected chi connectivity index (χ1v) is 5.25. The molecule has 0 aliphatic rings. The first kappa shape index (κ1) is 10.7. The van der Waals surface area contributed by atoms with Gasteiger partial charge in [0.25, 0.3) is 0 Å². The van der Waals surface area contributed by atoms with E-state index in [1.54, 1.807) is 0 Å². The average molecular weight is 216 g/mol. The molecule has 0 aliphatic carbocycles. The number of H-pyrrole nitrogens is 1. The number of nitrogens with one attached hydrogen (secondary N) is 1. The van der Waals surface area contributed by atoms with Gasteiger partial charge < -0.3 is 5.73 Å². The predicted molar refractivity (Wildman–Crippen MR) is 64.9 cm³/mol. The Kier molecular flexibility index (Phi) is 2.42. The predicted octanol–water partition coefficient (Wildman–Crippen LogP) is 2.35. The number of aromatic nitrogens is 3.